The lowest BCUT2D eigenvalue weighted by Crippen LogP contribution is -2.34. The van der Waals surface area contributed by atoms with Gasteiger partial charge in [0.15, 0.2) is 0 Å². The van der Waals surface area contributed by atoms with Crippen molar-refractivity contribution in [1.82, 2.24) is 0 Å². The zero-order valence-electron chi connectivity index (χ0n) is 10.8. The number of nitrogens with two attached hydrogens (primary N) is 1. The molecule has 96 valence electrons. The van der Waals surface area contributed by atoms with Gasteiger partial charge in [-0.05, 0) is 29.8 Å². The number of furan rings is 1. The zero-order chi connectivity index (χ0) is 13.0. The van der Waals surface area contributed by atoms with E-state index < -0.39 is 0 Å². The summed E-state index contributed by atoms with van der Waals surface area (Å²) in [5.41, 5.74) is 6.99. The van der Waals surface area contributed by atoms with Crippen molar-refractivity contribution in [2.45, 2.75) is 18.8 Å². The molecule has 1 atom stereocenters. The smallest absolute Gasteiger partial charge is 0.119 e. The van der Waals surface area contributed by atoms with Gasteiger partial charge in [0.1, 0.15) is 11.5 Å². The van der Waals surface area contributed by atoms with Gasteiger partial charge in [0.25, 0.3) is 0 Å². The summed E-state index contributed by atoms with van der Waals surface area (Å²) in [6.45, 7) is 2.70. The maximum absolute atomic E-state index is 5.96. The fourth-order valence-electron chi connectivity index (χ4n) is 2.09. The Labute approximate surface area is 108 Å². The highest BCUT2D eigenvalue weighted by molar-refractivity contribution is 5.34. The molecule has 1 aromatic heterocycles. The van der Waals surface area contributed by atoms with Crippen molar-refractivity contribution in [2.75, 3.05) is 13.7 Å². The van der Waals surface area contributed by atoms with Crippen molar-refractivity contribution in [2.24, 2.45) is 5.73 Å². The zero-order valence-corrected chi connectivity index (χ0v) is 10.8. The predicted octanol–water partition coefficient (Wildman–Crippen LogP) is 2.75. The van der Waals surface area contributed by atoms with Crippen LogP contribution in [0.4, 0.5) is 0 Å². The number of benzene rings is 1. The molecule has 1 heterocycles. The molecule has 2 rings (SSSR count). The molecule has 0 spiro atoms. The van der Waals surface area contributed by atoms with Crippen LogP contribution < -0.4 is 10.5 Å². The van der Waals surface area contributed by atoms with E-state index in [2.05, 4.69) is 13.0 Å². The summed E-state index contributed by atoms with van der Waals surface area (Å²) in [6.07, 6.45) is 2.47. The van der Waals surface area contributed by atoms with Gasteiger partial charge in [0, 0.05) is 18.4 Å². The van der Waals surface area contributed by atoms with Crippen LogP contribution in [0.15, 0.2) is 47.1 Å². The van der Waals surface area contributed by atoms with Gasteiger partial charge in [0.05, 0.1) is 13.4 Å². The SMILES string of the molecule is COc1cccc(C(C)(CN)Cc2ccco2)c1. The van der Waals surface area contributed by atoms with E-state index in [0.29, 0.717) is 6.54 Å². The average molecular weight is 245 g/mol. The van der Waals surface area contributed by atoms with E-state index in [1.165, 1.54) is 5.56 Å². The molecule has 0 saturated carbocycles. The van der Waals surface area contributed by atoms with Gasteiger partial charge in [-0.25, -0.2) is 0 Å². The van der Waals surface area contributed by atoms with Gasteiger partial charge in [-0.3, -0.25) is 0 Å². The Bertz CT molecular complexity index is 493. The molecule has 0 aliphatic carbocycles. The molecule has 1 unspecified atom stereocenters. The summed E-state index contributed by atoms with van der Waals surface area (Å²) in [7, 11) is 1.67. The fourth-order valence-corrected chi connectivity index (χ4v) is 2.09. The van der Waals surface area contributed by atoms with E-state index in [1.54, 1.807) is 13.4 Å². The Morgan fingerprint density at radius 3 is 2.72 bits per heavy atom. The molecule has 3 nitrogen and oxygen atoms in total. The molecule has 0 amide bonds. The van der Waals surface area contributed by atoms with Gasteiger partial charge < -0.3 is 14.9 Å². The second-order valence-electron chi connectivity index (χ2n) is 4.75. The summed E-state index contributed by atoms with van der Waals surface area (Å²) in [4.78, 5) is 0. The summed E-state index contributed by atoms with van der Waals surface area (Å²) in [5, 5.41) is 0. The predicted molar refractivity (Wildman–Crippen MR) is 71.8 cm³/mol. The van der Waals surface area contributed by atoms with Crippen molar-refractivity contribution in [3.05, 3.63) is 54.0 Å². The number of hydrogen-bond acceptors (Lipinski definition) is 3. The molecule has 2 N–H and O–H groups in total. The summed E-state index contributed by atoms with van der Waals surface area (Å²) in [6, 6.07) is 11.9. The van der Waals surface area contributed by atoms with E-state index in [9.17, 15) is 0 Å². The quantitative estimate of drug-likeness (QED) is 0.881. The van der Waals surface area contributed by atoms with Gasteiger partial charge in [-0.15, -0.1) is 0 Å². The maximum atomic E-state index is 5.96. The lowest BCUT2D eigenvalue weighted by Gasteiger charge is -2.28. The Morgan fingerprint density at radius 2 is 2.11 bits per heavy atom. The van der Waals surface area contributed by atoms with Crippen molar-refractivity contribution < 1.29 is 9.15 Å². The first-order chi connectivity index (χ1) is 8.68. The molecule has 0 saturated heterocycles. The van der Waals surface area contributed by atoms with Gasteiger partial charge in [-0.2, -0.15) is 0 Å². The molecular weight excluding hydrogens is 226 g/mol. The first-order valence-corrected chi connectivity index (χ1v) is 6.05. The van der Waals surface area contributed by atoms with E-state index >= 15 is 0 Å². The summed E-state index contributed by atoms with van der Waals surface area (Å²) in [5.74, 6) is 1.80. The van der Waals surface area contributed by atoms with Crippen LogP contribution >= 0.6 is 0 Å². The Hall–Kier alpha value is -1.74. The first-order valence-electron chi connectivity index (χ1n) is 6.05. The monoisotopic (exact) mass is 245 g/mol. The molecule has 18 heavy (non-hydrogen) atoms. The standard InChI is InChI=1S/C15H19NO2/c1-15(11-16,10-14-7-4-8-18-14)12-5-3-6-13(9-12)17-2/h3-9H,10-11,16H2,1-2H3. The highest BCUT2D eigenvalue weighted by atomic mass is 16.5. The van der Waals surface area contributed by atoms with Crippen LogP contribution in [0.3, 0.4) is 0 Å². The molecule has 2 aromatic rings. The maximum Gasteiger partial charge on any atom is 0.119 e. The average Bonchev–Trinajstić information content (AvgIpc) is 2.91. The summed E-state index contributed by atoms with van der Waals surface area (Å²) >= 11 is 0. The minimum absolute atomic E-state index is 0.146. The molecule has 0 aliphatic rings. The molecule has 0 aliphatic heterocycles. The van der Waals surface area contributed by atoms with Crippen LogP contribution in [0.1, 0.15) is 18.2 Å². The number of ether oxygens (including phenoxy) is 1. The second-order valence-corrected chi connectivity index (χ2v) is 4.75. The Kier molecular flexibility index (Phi) is 3.72. The van der Waals surface area contributed by atoms with Crippen LogP contribution in [-0.2, 0) is 11.8 Å². The van der Waals surface area contributed by atoms with E-state index in [0.717, 1.165) is 17.9 Å². The molecule has 1 aromatic carbocycles. The van der Waals surface area contributed by atoms with E-state index in [1.807, 2.05) is 30.3 Å². The van der Waals surface area contributed by atoms with Crippen LogP contribution in [-0.4, -0.2) is 13.7 Å². The van der Waals surface area contributed by atoms with Crippen molar-refractivity contribution >= 4 is 0 Å². The largest absolute Gasteiger partial charge is 0.497 e. The Balaban J connectivity index is 2.30. The highest BCUT2D eigenvalue weighted by Gasteiger charge is 2.27. The number of methoxy groups -OCH3 is 1. The second kappa shape index (κ2) is 5.27. The van der Waals surface area contributed by atoms with Crippen LogP contribution in [0, 0.1) is 0 Å². The van der Waals surface area contributed by atoms with Gasteiger partial charge in [-0.1, -0.05) is 19.1 Å². The number of rotatable bonds is 5. The minimum atomic E-state index is -0.146. The normalized spacial score (nSPS) is 14.2. The van der Waals surface area contributed by atoms with E-state index in [4.69, 9.17) is 14.9 Å². The third-order valence-corrected chi connectivity index (χ3v) is 3.36. The van der Waals surface area contributed by atoms with Crippen molar-refractivity contribution in [3.8, 4) is 5.75 Å². The van der Waals surface area contributed by atoms with Crippen LogP contribution in [0.2, 0.25) is 0 Å². The summed E-state index contributed by atoms with van der Waals surface area (Å²) < 4.78 is 10.7. The lowest BCUT2D eigenvalue weighted by atomic mass is 9.79. The van der Waals surface area contributed by atoms with E-state index in [-0.39, 0.29) is 5.41 Å². The molecular formula is C15H19NO2. The lowest BCUT2D eigenvalue weighted by molar-refractivity contribution is 0.399. The topological polar surface area (TPSA) is 48.4 Å². The minimum Gasteiger partial charge on any atom is -0.497 e. The third-order valence-electron chi connectivity index (χ3n) is 3.36. The van der Waals surface area contributed by atoms with Crippen LogP contribution in [0.25, 0.3) is 0 Å². The molecule has 0 radical (unpaired) electrons. The molecule has 0 fully saturated rings. The number of hydrogen-bond donors (Lipinski definition) is 1. The highest BCUT2D eigenvalue weighted by Crippen LogP contribution is 2.29. The molecule has 3 heteroatoms. The van der Waals surface area contributed by atoms with Gasteiger partial charge in [0.2, 0.25) is 0 Å². The molecule has 0 bridgehead atoms. The van der Waals surface area contributed by atoms with Gasteiger partial charge >= 0.3 is 0 Å². The van der Waals surface area contributed by atoms with Crippen molar-refractivity contribution in [3.63, 3.8) is 0 Å². The van der Waals surface area contributed by atoms with Crippen molar-refractivity contribution in [1.29, 1.82) is 0 Å². The third kappa shape index (κ3) is 2.57. The first kappa shape index (κ1) is 12.7. The fraction of sp³-hybridized carbons (Fsp3) is 0.333. The Morgan fingerprint density at radius 1 is 1.28 bits per heavy atom. The van der Waals surface area contributed by atoms with Crippen LogP contribution in [0.5, 0.6) is 5.75 Å².